The van der Waals surface area contributed by atoms with E-state index in [1.54, 1.807) is 5.43 Å². The van der Waals surface area contributed by atoms with E-state index in [1.807, 2.05) is 0 Å². The standard InChI is InChI=1S/C13H26N4O10/c14-1-3-5(18)7(20)9(22)11(25-3)27-12-10(23)8(21)6(19)4(26-12)2-16-13(24)17-15/h3-12,18-23H,1-2,14-15H2,(H2,16,17,24)/t3?,4?,5-,6-,7?,8?,9?,10?,11-,12-/m1/s1. The Labute approximate surface area is 153 Å². The molecule has 2 aliphatic heterocycles. The highest BCUT2D eigenvalue weighted by atomic mass is 16.8. The third-order valence-electron chi connectivity index (χ3n) is 4.43. The average molecular weight is 398 g/mol. The lowest BCUT2D eigenvalue weighted by atomic mass is 9.97. The van der Waals surface area contributed by atoms with E-state index in [9.17, 15) is 35.4 Å². The van der Waals surface area contributed by atoms with Crippen LogP contribution in [0.25, 0.3) is 0 Å². The van der Waals surface area contributed by atoms with E-state index < -0.39 is 67.4 Å². The van der Waals surface area contributed by atoms with Crippen molar-refractivity contribution in [2.45, 2.75) is 61.4 Å². The van der Waals surface area contributed by atoms with Gasteiger partial charge in [-0.2, -0.15) is 0 Å². The lowest BCUT2D eigenvalue weighted by Gasteiger charge is -2.44. The van der Waals surface area contributed by atoms with Gasteiger partial charge < -0.3 is 55.9 Å². The lowest BCUT2D eigenvalue weighted by molar-refractivity contribution is -0.372. The smallest absolute Gasteiger partial charge is 0.328 e. The first kappa shape index (κ1) is 22.1. The lowest BCUT2D eigenvalue weighted by Crippen LogP contribution is -2.64. The van der Waals surface area contributed by atoms with Gasteiger partial charge >= 0.3 is 6.03 Å². The molecule has 0 aliphatic carbocycles. The van der Waals surface area contributed by atoms with Gasteiger partial charge in [0.25, 0.3) is 0 Å². The summed E-state index contributed by atoms with van der Waals surface area (Å²) in [7, 11) is 0. The predicted molar refractivity (Wildman–Crippen MR) is 84.2 cm³/mol. The molecule has 6 unspecified atom stereocenters. The van der Waals surface area contributed by atoms with Crippen LogP contribution >= 0.6 is 0 Å². The predicted octanol–water partition coefficient (Wildman–Crippen LogP) is -6.25. The van der Waals surface area contributed by atoms with Gasteiger partial charge in [0, 0.05) is 13.1 Å². The van der Waals surface area contributed by atoms with Crippen LogP contribution in [-0.2, 0) is 14.2 Å². The fourth-order valence-corrected chi connectivity index (χ4v) is 2.80. The number of carbonyl (C=O) groups excluding carboxylic acids is 1. The van der Waals surface area contributed by atoms with Gasteiger partial charge in [-0.15, -0.1) is 0 Å². The summed E-state index contributed by atoms with van der Waals surface area (Å²) in [6.45, 7) is -0.490. The van der Waals surface area contributed by atoms with Gasteiger partial charge in [0.15, 0.2) is 12.6 Å². The Bertz CT molecular complexity index is 500. The molecule has 0 aromatic rings. The molecule has 2 heterocycles. The zero-order valence-corrected chi connectivity index (χ0v) is 14.2. The molecule has 14 nitrogen and oxygen atoms in total. The van der Waals surface area contributed by atoms with Crippen molar-refractivity contribution < 1.29 is 49.6 Å². The molecule has 2 aliphatic rings. The Morgan fingerprint density at radius 1 is 0.852 bits per heavy atom. The van der Waals surface area contributed by atoms with E-state index in [0.717, 1.165) is 0 Å². The molecule has 10 atom stereocenters. The maximum atomic E-state index is 11.1. The minimum atomic E-state index is -1.74. The van der Waals surface area contributed by atoms with Crippen LogP contribution in [0.5, 0.6) is 0 Å². The number of nitrogens with one attached hydrogen (secondary N) is 2. The highest BCUT2D eigenvalue weighted by Crippen LogP contribution is 2.27. The Morgan fingerprint density at radius 3 is 1.81 bits per heavy atom. The number of hydrogen-bond donors (Lipinski definition) is 10. The summed E-state index contributed by atoms with van der Waals surface area (Å²) in [5.41, 5.74) is 7.22. The van der Waals surface area contributed by atoms with Crippen LogP contribution < -0.4 is 22.3 Å². The van der Waals surface area contributed by atoms with Crippen molar-refractivity contribution in [1.29, 1.82) is 0 Å². The Kier molecular flexibility index (Phi) is 7.66. The minimum absolute atomic E-state index is 0.193. The molecule has 0 bridgehead atoms. The second kappa shape index (κ2) is 9.35. The van der Waals surface area contributed by atoms with Gasteiger partial charge in [0.2, 0.25) is 0 Å². The summed E-state index contributed by atoms with van der Waals surface area (Å²) in [5, 5.41) is 61.9. The number of rotatable bonds is 5. The van der Waals surface area contributed by atoms with Crippen molar-refractivity contribution in [1.82, 2.24) is 10.7 Å². The maximum Gasteiger partial charge on any atom is 0.328 e. The summed E-state index contributed by atoms with van der Waals surface area (Å²) >= 11 is 0. The summed E-state index contributed by atoms with van der Waals surface area (Å²) in [4.78, 5) is 11.1. The van der Waals surface area contributed by atoms with E-state index in [4.69, 9.17) is 25.8 Å². The molecule has 2 fully saturated rings. The van der Waals surface area contributed by atoms with Gasteiger partial charge in [0.1, 0.15) is 48.8 Å². The molecule has 14 heteroatoms. The zero-order valence-electron chi connectivity index (χ0n) is 14.2. The number of nitrogens with two attached hydrogens (primary N) is 2. The van der Waals surface area contributed by atoms with Crippen molar-refractivity contribution in [3.05, 3.63) is 0 Å². The Morgan fingerprint density at radius 2 is 1.33 bits per heavy atom. The topological polar surface area (TPSA) is 242 Å². The first-order chi connectivity index (χ1) is 12.7. The molecule has 2 rings (SSSR count). The molecule has 0 aromatic heterocycles. The molecule has 158 valence electrons. The Balaban J connectivity index is 2.05. The van der Waals surface area contributed by atoms with Crippen LogP contribution in [0, 0.1) is 0 Å². The van der Waals surface area contributed by atoms with Gasteiger partial charge in [-0.1, -0.05) is 0 Å². The summed E-state index contributed by atoms with van der Waals surface area (Å²) in [6.07, 6.45) is -15.2. The summed E-state index contributed by atoms with van der Waals surface area (Å²) < 4.78 is 15.9. The monoisotopic (exact) mass is 398 g/mol. The molecule has 27 heavy (non-hydrogen) atoms. The van der Waals surface area contributed by atoms with Gasteiger partial charge in [0.05, 0.1) is 0 Å². The fraction of sp³-hybridized carbons (Fsp3) is 0.923. The van der Waals surface area contributed by atoms with Crippen molar-refractivity contribution in [3.8, 4) is 0 Å². The fourth-order valence-electron chi connectivity index (χ4n) is 2.80. The molecular formula is C13H26N4O10. The van der Waals surface area contributed by atoms with Crippen LogP contribution in [0.3, 0.4) is 0 Å². The van der Waals surface area contributed by atoms with Crippen LogP contribution in [0.4, 0.5) is 4.79 Å². The van der Waals surface area contributed by atoms with Gasteiger partial charge in [-0.25, -0.2) is 10.6 Å². The number of aliphatic hydroxyl groups is 6. The highest BCUT2D eigenvalue weighted by molar-refractivity contribution is 5.73. The molecule has 12 N–H and O–H groups in total. The summed E-state index contributed by atoms with van der Waals surface area (Å²) in [6, 6.07) is -0.780. The third kappa shape index (κ3) is 4.82. The van der Waals surface area contributed by atoms with E-state index in [1.165, 1.54) is 0 Å². The van der Waals surface area contributed by atoms with Crippen LogP contribution in [-0.4, -0.2) is 111 Å². The molecular weight excluding hydrogens is 372 g/mol. The third-order valence-corrected chi connectivity index (χ3v) is 4.43. The molecule has 2 saturated heterocycles. The molecule has 0 spiro atoms. The van der Waals surface area contributed by atoms with Crippen molar-refractivity contribution >= 4 is 6.03 Å². The van der Waals surface area contributed by atoms with Crippen LogP contribution in [0.15, 0.2) is 0 Å². The van der Waals surface area contributed by atoms with Crippen molar-refractivity contribution in [2.24, 2.45) is 11.6 Å². The number of hydrazine groups is 1. The SMILES string of the molecule is NCC1O[C@H](O[C@H]2OC(CNC(=O)NN)[C@@H](O)C(O)C2O)C(O)C(O)[C@@H]1O. The summed E-state index contributed by atoms with van der Waals surface area (Å²) in [5.74, 6) is 4.91. The Hall–Kier alpha value is -1.17. The van der Waals surface area contributed by atoms with E-state index in [-0.39, 0.29) is 13.1 Å². The zero-order chi connectivity index (χ0) is 20.3. The number of urea groups is 1. The van der Waals surface area contributed by atoms with Crippen LogP contribution in [0.1, 0.15) is 0 Å². The number of ether oxygens (including phenoxy) is 3. The number of carbonyl (C=O) groups is 1. The molecule has 0 aromatic carbocycles. The molecule has 2 amide bonds. The van der Waals surface area contributed by atoms with Crippen molar-refractivity contribution in [2.75, 3.05) is 13.1 Å². The van der Waals surface area contributed by atoms with E-state index in [0.29, 0.717) is 0 Å². The van der Waals surface area contributed by atoms with E-state index >= 15 is 0 Å². The van der Waals surface area contributed by atoms with Crippen LogP contribution in [0.2, 0.25) is 0 Å². The number of aliphatic hydroxyl groups excluding tert-OH is 6. The maximum absolute atomic E-state index is 11.1. The first-order valence-corrected chi connectivity index (χ1v) is 8.20. The largest absolute Gasteiger partial charge is 0.388 e. The molecule has 0 saturated carbocycles. The first-order valence-electron chi connectivity index (χ1n) is 8.20. The van der Waals surface area contributed by atoms with E-state index in [2.05, 4.69) is 5.32 Å². The number of amides is 2. The second-order valence-corrected chi connectivity index (χ2v) is 6.26. The van der Waals surface area contributed by atoms with Crippen molar-refractivity contribution in [3.63, 3.8) is 0 Å². The quantitative estimate of drug-likeness (QED) is 0.118. The van der Waals surface area contributed by atoms with Gasteiger partial charge in [-0.05, 0) is 0 Å². The number of hydrogen-bond acceptors (Lipinski definition) is 12. The normalized spacial score (nSPS) is 45.3. The highest BCUT2D eigenvalue weighted by Gasteiger charge is 2.49. The molecule has 0 radical (unpaired) electrons. The average Bonchev–Trinajstić information content (AvgIpc) is 2.67. The van der Waals surface area contributed by atoms with Gasteiger partial charge in [-0.3, -0.25) is 5.43 Å². The second-order valence-electron chi connectivity index (χ2n) is 6.26. The minimum Gasteiger partial charge on any atom is -0.388 e.